The van der Waals surface area contributed by atoms with Crippen molar-refractivity contribution in [2.75, 3.05) is 25.5 Å². The van der Waals surface area contributed by atoms with Gasteiger partial charge in [-0.2, -0.15) is 0 Å². The van der Waals surface area contributed by atoms with E-state index in [-0.39, 0.29) is 11.2 Å². The Kier molecular flexibility index (Phi) is 3.46. The minimum absolute atomic E-state index is 0.0896. The Morgan fingerprint density at radius 1 is 1.43 bits per heavy atom. The molecule has 112 valence electrons. The quantitative estimate of drug-likeness (QED) is 0.681. The third kappa shape index (κ3) is 2.54. The molecule has 2 aromatic rings. The van der Waals surface area contributed by atoms with Crippen LogP contribution < -0.4 is 5.32 Å². The van der Waals surface area contributed by atoms with Gasteiger partial charge in [0.2, 0.25) is 5.52 Å². The second-order valence-corrected chi connectivity index (χ2v) is 5.63. The zero-order valence-corrected chi connectivity index (χ0v) is 11.9. The second kappa shape index (κ2) is 5.28. The highest BCUT2D eigenvalue weighted by molar-refractivity contribution is 5.93. The first-order valence-corrected chi connectivity index (χ1v) is 6.91. The number of rotatable bonds is 3. The van der Waals surface area contributed by atoms with Crippen LogP contribution >= 0.6 is 0 Å². The Morgan fingerprint density at radius 2 is 2.19 bits per heavy atom. The molecular formula is C13H17N5O3. The normalized spacial score (nSPS) is 23.3. The van der Waals surface area contributed by atoms with Crippen LogP contribution in [0.25, 0.3) is 11.0 Å². The molecule has 0 bridgehead atoms. The van der Waals surface area contributed by atoms with Gasteiger partial charge in [-0.25, -0.2) is 4.63 Å². The third-order valence-corrected chi connectivity index (χ3v) is 4.04. The van der Waals surface area contributed by atoms with Gasteiger partial charge in [0, 0.05) is 18.7 Å². The lowest BCUT2D eigenvalue weighted by Gasteiger charge is -2.35. The molecule has 1 aromatic heterocycles. The number of hydrogen-bond donors (Lipinski definition) is 1. The van der Waals surface area contributed by atoms with Crippen LogP contribution in [0, 0.1) is 16.0 Å². The van der Waals surface area contributed by atoms with Crippen LogP contribution in [0.1, 0.15) is 13.3 Å². The maximum Gasteiger partial charge on any atom is 0.300 e. The van der Waals surface area contributed by atoms with Gasteiger partial charge in [0.25, 0.3) is 0 Å². The summed E-state index contributed by atoms with van der Waals surface area (Å²) in [7, 11) is 2.11. The van der Waals surface area contributed by atoms with Crippen molar-refractivity contribution in [1.82, 2.24) is 15.2 Å². The Morgan fingerprint density at radius 3 is 2.90 bits per heavy atom. The SMILES string of the molecule is CC1CN(C)CCC1Nc1ccc([N+](=O)[O-])c2nonc12. The van der Waals surface area contributed by atoms with Crippen molar-refractivity contribution in [2.45, 2.75) is 19.4 Å². The molecule has 1 fully saturated rings. The first kappa shape index (κ1) is 13.7. The highest BCUT2D eigenvalue weighted by Gasteiger charge is 2.26. The van der Waals surface area contributed by atoms with Gasteiger partial charge in [-0.05, 0) is 42.3 Å². The molecule has 0 saturated carbocycles. The van der Waals surface area contributed by atoms with E-state index in [1.54, 1.807) is 6.07 Å². The van der Waals surface area contributed by atoms with Gasteiger partial charge in [-0.15, -0.1) is 0 Å². The van der Waals surface area contributed by atoms with E-state index in [1.165, 1.54) is 6.07 Å². The van der Waals surface area contributed by atoms with Crippen molar-refractivity contribution in [3.63, 3.8) is 0 Å². The lowest BCUT2D eigenvalue weighted by atomic mass is 9.94. The molecule has 0 amide bonds. The first-order valence-electron chi connectivity index (χ1n) is 6.91. The van der Waals surface area contributed by atoms with Crippen molar-refractivity contribution in [3.8, 4) is 0 Å². The van der Waals surface area contributed by atoms with Crippen molar-refractivity contribution in [3.05, 3.63) is 22.2 Å². The van der Waals surface area contributed by atoms with Gasteiger partial charge < -0.3 is 10.2 Å². The summed E-state index contributed by atoms with van der Waals surface area (Å²) >= 11 is 0. The number of nitrogens with zero attached hydrogens (tertiary/aromatic N) is 4. The molecule has 0 spiro atoms. The maximum atomic E-state index is 11.0. The molecule has 8 nitrogen and oxygen atoms in total. The van der Waals surface area contributed by atoms with Gasteiger partial charge in [0.1, 0.15) is 0 Å². The van der Waals surface area contributed by atoms with Gasteiger partial charge in [0.05, 0.1) is 10.6 Å². The number of benzene rings is 1. The molecule has 0 aliphatic carbocycles. The van der Waals surface area contributed by atoms with E-state index < -0.39 is 4.92 Å². The zero-order valence-electron chi connectivity index (χ0n) is 11.9. The highest BCUT2D eigenvalue weighted by Crippen LogP contribution is 2.30. The predicted octanol–water partition coefficient (Wildman–Crippen LogP) is 1.88. The van der Waals surface area contributed by atoms with Gasteiger partial charge in [-0.3, -0.25) is 10.1 Å². The molecule has 0 radical (unpaired) electrons. The van der Waals surface area contributed by atoms with E-state index in [0.29, 0.717) is 17.5 Å². The minimum atomic E-state index is -0.478. The standard InChI is InChI=1S/C13H17N5O3/c1-8-7-17(2)6-5-9(8)14-10-3-4-11(18(19)20)13-12(10)15-21-16-13/h3-4,8-9,14H,5-7H2,1-2H3. The van der Waals surface area contributed by atoms with Crippen molar-refractivity contribution in [1.29, 1.82) is 0 Å². The molecule has 8 heteroatoms. The summed E-state index contributed by atoms with van der Waals surface area (Å²) in [6.07, 6.45) is 1.02. The molecule has 1 saturated heterocycles. The van der Waals surface area contributed by atoms with Crippen LogP contribution in [0.5, 0.6) is 0 Å². The van der Waals surface area contributed by atoms with Gasteiger partial charge >= 0.3 is 5.69 Å². The van der Waals surface area contributed by atoms with E-state index in [4.69, 9.17) is 0 Å². The summed E-state index contributed by atoms with van der Waals surface area (Å²) in [5, 5.41) is 21.9. The number of aromatic nitrogens is 2. The lowest BCUT2D eigenvalue weighted by molar-refractivity contribution is -0.383. The number of anilines is 1. The summed E-state index contributed by atoms with van der Waals surface area (Å²) in [5.74, 6) is 0.480. The molecule has 1 aliphatic heterocycles. The molecule has 1 aliphatic rings. The number of piperidine rings is 1. The van der Waals surface area contributed by atoms with Crippen LogP contribution in [-0.4, -0.2) is 46.3 Å². The van der Waals surface area contributed by atoms with E-state index in [2.05, 4.69) is 39.1 Å². The Balaban J connectivity index is 1.90. The summed E-state index contributed by atoms with van der Waals surface area (Å²) in [4.78, 5) is 12.8. The van der Waals surface area contributed by atoms with Crippen LogP contribution in [0.4, 0.5) is 11.4 Å². The summed E-state index contributed by atoms with van der Waals surface area (Å²) in [6.45, 7) is 4.23. The molecule has 2 atom stereocenters. The first-order chi connectivity index (χ1) is 10.1. The van der Waals surface area contributed by atoms with E-state index in [9.17, 15) is 10.1 Å². The fraction of sp³-hybridized carbons (Fsp3) is 0.538. The molecule has 1 N–H and O–H groups in total. The molecule has 21 heavy (non-hydrogen) atoms. The molecule has 2 heterocycles. The topological polar surface area (TPSA) is 97.3 Å². The van der Waals surface area contributed by atoms with Crippen LogP contribution in [-0.2, 0) is 0 Å². The van der Waals surface area contributed by atoms with Crippen LogP contribution in [0.15, 0.2) is 16.8 Å². The van der Waals surface area contributed by atoms with Crippen molar-refractivity contribution in [2.24, 2.45) is 5.92 Å². The Labute approximate surface area is 121 Å². The average Bonchev–Trinajstić information content (AvgIpc) is 2.91. The summed E-state index contributed by atoms with van der Waals surface area (Å²) < 4.78 is 4.68. The molecule has 3 rings (SSSR count). The van der Waals surface area contributed by atoms with E-state index in [0.717, 1.165) is 25.2 Å². The van der Waals surface area contributed by atoms with Crippen molar-refractivity contribution >= 4 is 22.4 Å². The summed E-state index contributed by atoms with van der Waals surface area (Å²) in [6, 6.07) is 3.42. The predicted molar refractivity (Wildman–Crippen MR) is 77.1 cm³/mol. The third-order valence-electron chi connectivity index (χ3n) is 4.04. The monoisotopic (exact) mass is 291 g/mol. The van der Waals surface area contributed by atoms with E-state index >= 15 is 0 Å². The Bertz CT molecular complexity index is 671. The highest BCUT2D eigenvalue weighted by atomic mass is 16.6. The number of nitro groups is 1. The largest absolute Gasteiger partial charge is 0.380 e. The lowest BCUT2D eigenvalue weighted by Crippen LogP contribution is -2.43. The Hall–Kier alpha value is -2.22. The van der Waals surface area contributed by atoms with Gasteiger partial charge in [0.15, 0.2) is 5.52 Å². The number of nitro benzene ring substituents is 1. The fourth-order valence-electron chi connectivity index (χ4n) is 2.89. The number of hydrogen-bond acceptors (Lipinski definition) is 7. The summed E-state index contributed by atoms with van der Waals surface area (Å²) in [5.41, 5.74) is 1.24. The molecule has 1 aromatic carbocycles. The molecular weight excluding hydrogens is 274 g/mol. The number of nitrogens with one attached hydrogen (secondary N) is 1. The number of likely N-dealkylation sites (tertiary alicyclic amines) is 1. The van der Waals surface area contributed by atoms with Crippen LogP contribution in [0.2, 0.25) is 0 Å². The number of non-ortho nitro benzene ring substituents is 1. The zero-order chi connectivity index (χ0) is 15.0. The van der Waals surface area contributed by atoms with Gasteiger partial charge in [-0.1, -0.05) is 6.92 Å². The maximum absolute atomic E-state index is 11.0. The smallest absolute Gasteiger partial charge is 0.300 e. The molecule has 2 unspecified atom stereocenters. The minimum Gasteiger partial charge on any atom is -0.380 e. The average molecular weight is 291 g/mol. The fourth-order valence-corrected chi connectivity index (χ4v) is 2.89. The second-order valence-electron chi connectivity index (χ2n) is 5.63. The van der Waals surface area contributed by atoms with E-state index in [1.807, 2.05) is 0 Å². The van der Waals surface area contributed by atoms with Crippen molar-refractivity contribution < 1.29 is 9.55 Å². The van der Waals surface area contributed by atoms with Crippen LogP contribution in [0.3, 0.4) is 0 Å². The number of fused-ring (bicyclic) bond motifs is 1.